The van der Waals surface area contributed by atoms with Crippen LogP contribution in [0.15, 0.2) is 88.4 Å². The van der Waals surface area contributed by atoms with Crippen molar-refractivity contribution in [2.45, 2.75) is 11.8 Å². The van der Waals surface area contributed by atoms with Crippen molar-refractivity contribution in [3.63, 3.8) is 0 Å². The highest BCUT2D eigenvalue weighted by Crippen LogP contribution is 2.60. The van der Waals surface area contributed by atoms with E-state index in [1.165, 1.54) is 6.21 Å². The third-order valence-corrected chi connectivity index (χ3v) is 8.10. The summed E-state index contributed by atoms with van der Waals surface area (Å²) in [5, 5.41) is 6.33. The molecule has 0 N–H and O–H groups in total. The molecule has 8 rings (SSSR count). The number of hydrogen-bond acceptors (Lipinski definition) is 4. The Labute approximate surface area is 216 Å². The van der Waals surface area contributed by atoms with E-state index in [0.29, 0.717) is 27.1 Å². The van der Waals surface area contributed by atoms with Gasteiger partial charge < -0.3 is 4.42 Å². The molecule has 5 nitrogen and oxygen atoms in total. The second-order valence-electron chi connectivity index (χ2n) is 9.32. The molecule has 3 aliphatic carbocycles. The zero-order chi connectivity index (χ0) is 24.6. The standard InChI is InChI=1S/C29H18Cl2N2O3/c30-15-9-11-21(22(31)13-15)23-12-10-16(36-23)14-32-33-28(34)26-24-17-5-1-2-6-18(17)25(27(26)29(33)35)20-8-4-3-7-19(20)24/h1-14,24-27H/b32-14-/t24?,25?,26-,27-/m0/s1. The molecule has 0 saturated carbocycles. The zero-order valence-electron chi connectivity index (χ0n) is 18.8. The van der Waals surface area contributed by atoms with Crippen molar-refractivity contribution in [3.8, 4) is 11.3 Å². The van der Waals surface area contributed by atoms with Crippen LogP contribution in [0.1, 0.15) is 39.8 Å². The molecule has 1 fully saturated rings. The molecular weight excluding hydrogens is 495 g/mol. The third-order valence-electron chi connectivity index (χ3n) is 7.55. The van der Waals surface area contributed by atoms with Gasteiger partial charge in [-0.1, -0.05) is 71.7 Å². The van der Waals surface area contributed by atoms with Gasteiger partial charge in [-0.15, -0.1) is 0 Å². The lowest BCUT2D eigenvalue weighted by molar-refractivity contribution is -0.139. The largest absolute Gasteiger partial charge is 0.455 e. The number of amides is 2. The number of halogens is 2. The number of carbonyl (C=O) groups excluding carboxylic acids is 2. The number of furan rings is 1. The highest BCUT2D eigenvalue weighted by Gasteiger charge is 2.61. The van der Waals surface area contributed by atoms with Gasteiger partial charge in [0.2, 0.25) is 0 Å². The summed E-state index contributed by atoms with van der Waals surface area (Å²) in [6.45, 7) is 0. The maximum absolute atomic E-state index is 13.6. The Kier molecular flexibility index (Phi) is 4.75. The molecule has 4 aliphatic rings. The van der Waals surface area contributed by atoms with E-state index in [1.54, 1.807) is 30.3 Å². The summed E-state index contributed by atoms with van der Waals surface area (Å²) >= 11 is 12.3. The highest BCUT2D eigenvalue weighted by atomic mass is 35.5. The monoisotopic (exact) mass is 512 g/mol. The van der Waals surface area contributed by atoms with Crippen molar-refractivity contribution in [1.29, 1.82) is 0 Å². The number of benzene rings is 3. The zero-order valence-corrected chi connectivity index (χ0v) is 20.3. The molecule has 1 saturated heterocycles. The van der Waals surface area contributed by atoms with Crippen LogP contribution in [0, 0.1) is 11.8 Å². The smallest absolute Gasteiger partial charge is 0.254 e. The van der Waals surface area contributed by atoms with E-state index >= 15 is 0 Å². The van der Waals surface area contributed by atoms with Gasteiger partial charge in [0, 0.05) is 22.4 Å². The molecule has 4 aromatic rings. The van der Waals surface area contributed by atoms with E-state index in [2.05, 4.69) is 29.4 Å². The minimum absolute atomic E-state index is 0.161. The molecule has 0 radical (unpaired) electrons. The van der Waals surface area contributed by atoms with E-state index in [-0.39, 0.29) is 23.7 Å². The van der Waals surface area contributed by atoms with Crippen molar-refractivity contribution in [2.75, 3.05) is 0 Å². The summed E-state index contributed by atoms with van der Waals surface area (Å²) in [4.78, 5) is 27.2. The maximum atomic E-state index is 13.6. The van der Waals surface area contributed by atoms with E-state index in [9.17, 15) is 9.59 Å². The minimum atomic E-state index is -0.468. The molecule has 2 atom stereocenters. The van der Waals surface area contributed by atoms with Crippen molar-refractivity contribution >= 4 is 41.2 Å². The molecule has 3 aromatic carbocycles. The van der Waals surface area contributed by atoms with Crippen molar-refractivity contribution < 1.29 is 14.0 Å². The molecule has 176 valence electrons. The number of rotatable bonds is 3. The molecule has 2 bridgehead atoms. The Morgan fingerprint density at radius 2 is 1.31 bits per heavy atom. The first-order valence-corrected chi connectivity index (χ1v) is 12.4. The van der Waals surface area contributed by atoms with Crippen molar-refractivity contribution in [3.05, 3.63) is 117 Å². The van der Waals surface area contributed by atoms with Gasteiger partial charge >= 0.3 is 0 Å². The molecule has 2 amide bonds. The SMILES string of the molecule is O=C1[C@H]2C3c4ccccc4C(c4ccccc43)[C@@H]2C(=O)N1/N=C\c1ccc(-c2ccc(Cl)cc2Cl)o1. The summed E-state index contributed by atoms with van der Waals surface area (Å²) in [5.41, 5.74) is 5.21. The van der Waals surface area contributed by atoms with Gasteiger partial charge in [0.1, 0.15) is 11.5 Å². The van der Waals surface area contributed by atoms with Crippen molar-refractivity contribution in [1.82, 2.24) is 5.01 Å². The summed E-state index contributed by atoms with van der Waals surface area (Å²) in [6, 6.07) is 24.9. The quantitative estimate of drug-likeness (QED) is 0.233. The Morgan fingerprint density at radius 1 is 0.750 bits per heavy atom. The summed E-state index contributed by atoms with van der Waals surface area (Å²) in [7, 11) is 0. The first-order valence-electron chi connectivity index (χ1n) is 11.7. The number of imide groups is 1. The van der Waals surface area contributed by atoms with E-state index in [1.807, 2.05) is 24.3 Å². The fourth-order valence-corrected chi connectivity index (χ4v) is 6.65. The number of hydrogen-bond donors (Lipinski definition) is 0. The lowest BCUT2D eigenvalue weighted by atomic mass is 9.55. The van der Waals surface area contributed by atoms with Gasteiger partial charge in [-0.2, -0.15) is 10.1 Å². The minimum Gasteiger partial charge on any atom is -0.455 e. The van der Waals surface area contributed by atoms with Gasteiger partial charge in [0.15, 0.2) is 0 Å². The summed E-state index contributed by atoms with van der Waals surface area (Å²) < 4.78 is 5.87. The molecule has 2 heterocycles. The predicted molar refractivity (Wildman–Crippen MR) is 137 cm³/mol. The maximum Gasteiger partial charge on any atom is 0.254 e. The fourth-order valence-electron chi connectivity index (χ4n) is 6.15. The number of nitrogens with zero attached hydrogens (tertiary/aromatic N) is 2. The van der Waals surface area contributed by atoms with E-state index < -0.39 is 11.8 Å². The van der Waals surface area contributed by atoms with Crippen LogP contribution in [-0.2, 0) is 9.59 Å². The second kappa shape index (κ2) is 7.92. The average molecular weight is 513 g/mol. The van der Waals surface area contributed by atoms with Gasteiger partial charge in [-0.05, 0) is 52.6 Å². The molecule has 36 heavy (non-hydrogen) atoms. The Bertz CT molecular complexity index is 1490. The lowest BCUT2D eigenvalue weighted by Crippen LogP contribution is -2.41. The van der Waals surface area contributed by atoms with Crippen molar-refractivity contribution in [2.24, 2.45) is 16.9 Å². The second-order valence-corrected chi connectivity index (χ2v) is 10.2. The van der Waals surface area contributed by atoms with Gasteiger partial charge in [0.25, 0.3) is 11.8 Å². The molecule has 7 heteroatoms. The molecule has 1 aliphatic heterocycles. The summed E-state index contributed by atoms with van der Waals surface area (Å²) in [6.07, 6.45) is 1.41. The number of carbonyl (C=O) groups is 2. The molecule has 0 spiro atoms. The molecule has 0 unspecified atom stereocenters. The predicted octanol–water partition coefficient (Wildman–Crippen LogP) is 6.48. The highest BCUT2D eigenvalue weighted by molar-refractivity contribution is 6.36. The average Bonchev–Trinajstić information content (AvgIpc) is 3.45. The van der Waals surface area contributed by atoms with Crippen LogP contribution in [0.5, 0.6) is 0 Å². The van der Waals surface area contributed by atoms with Gasteiger partial charge in [-0.25, -0.2) is 0 Å². The van der Waals surface area contributed by atoms with Crippen LogP contribution in [0.25, 0.3) is 11.3 Å². The summed E-state index contributed by atoms with van der Waals surface area (Å²) in [5.74, 6) is -0.858. The first kappa shape index (κ1) is 21.6. The Hall–Kier alpha value is -3.67. The first-order chi connectivity index (χ1) is 17.5. The van der Waals surface area contributed by atoms with E-state index in [0.717, 1.165) is 27.3 Å². The Morgan fingerprint density at radius 3 is 1.83 bits per heavy atom. The van der Waals surface area contributed by atoms with E-state index in [4.69, 9.17) is 27.6 Å². The van der Waals surface area contributed by atoms with Crippen LogP contribution < -0.4 is 0 Å². The van der Waals surface area contributed by atoms with Crippen LogP contribution in [0.2, 0.25) is 10.0 Å². The third kappa shape index (κ3) is 3.00. The van der Waals surface area contributed by atoms with Crippen LogP contribution in [-0.4, -0.2) is 23.0 Å². The van der Waals surface area contributed by atoms with Crippen LogP contribution >= 0.6 is 23.2 Å². The molecule has 1 aromatic heterocycles. The van der Waals surface area contributed by atoms with Gasteiger partial charge in [0.05, 0.1) is 23.1 Å². The van der Waals surface area contributed by atoms with Gasteiger partial charge in [-0.3, -0.25) is 9.59 Å². The Balaban J connectivity index is 1.23. The van der Waals surface area contributed by atoms with Crippen LogP contribution in [0.4, 0.5) is 0 Å². The lowest BCUT2D eigenvalue weighted by Gasteiger charge is -2.45. The number of hydrazone groups is 1. The molecular formula is C29H18Cl2N2O3. The fraction of sp³-hybridized carbons (Fsp3) is 0.138. The topological polar surface area (TPSA) is 62.9 Å². The van der Waals surface area contributed by atoms with Crippen LogP contribution in [0.3, 0.4) is 0 Å². The normalized spacial score (nSPS) is 23.8.